The maximum atomic E-state index is 12.8. The SMILES string of the molecule is Cc1ccc(F)cc1C(C)(C)O. The zero-order valence-electron chi connectivity index (χ0n) is 7.56. The lowest BCUT2D eigenvalue weighted by molar-refractivity contribution is 0.0775. The lowest BCUT2D eigenvalue weighted by atomic mass is 9.94. The predicted molar refractivity (Wildman–Crippen MR) is 46.4 cm³/mol. The number of hydrogen-bond donors (Lipinski definition) is 1. The standard InChI is InChI=1S/C10H13FO/c1-7-4-5-8(11)6-9(7)10(2,3)12/h4-6,12H,1-3H3. The molecule has 0 fully saturated rings. The van der Waals surface area contributed by atoms with Crippen molar-refractivity contribution in [3.8, 4) is 0 Å². The van der Waals surface area contributed by atoms with E-state index in [1.54, 1.807) is 19.9 Å². The zero-order chi connectivity index (χ0) is 9.35. The first-order chi connectivity index (χ1) is 5.41. The Morgan fingerprint density at radius 3 is 2.33 bits per heavy atom. The summed E-state index contributed by atoms with van der Waals surface area (Å²) >= 11 is 0. The van der Waals surface area contributed by atoms with Crippen LogP contribution in [-0.4, -0.2) is 5.11 Å². The number of aryl methyl sites for hydroxylation is 1. The van der Waals surface area contributed by atoms with Crippen molar-refractivity contribution in [2.24, 2.45) is 0 Å². The molecule has 0 radical (unpaired) electrons. The largest absolute Gasteiger partial charge is 0.386 e. The topological polar surface area (TPSA) is 20.2 Å². The molecule has 0 amide bonds. The molecular weight excluding hydrogens is 155 g/mol. The van der Waals surface area contributed by atoms with Gasteiger partial charge in [0, 0.05) is 0 Å². The summed E-state index contributed by atoms with van der Waals surface area (Å²) in [6.07, 6.45) is 0. The normalized spacial score (nSPS) is 11.8. The molecule has 1 aromatic rings. The second-order valence-electron chi connectivity index (χ2n) is 3.52. The van der Waals surface area contributed by atoms with Gasteiger partial charge in [-0.25, -0.2) is 4.39 Å². The van der Waals surface area contributed by atoms with Crippen LogP contribution in [0.2, 0.25) is 0 Å². The van der Waals surface area contributed by atoms with Crippen molar-refractivity contribution in [3.05, 3.63) is 35.1 Å². The number of aliphatic hydroxyl groups is 1. The molecule has 0 aliphatic heterocycles. The molecule has 0 aromatic heterocycles. The molecule has 0 bridgehead atoms. The van der Waals surface area contributed by atoms with Crippen molar-refractivity contribution >= 4 is 0 Å². The minimum atomic E-state index is -0.966. The van der Waals surface area contributed by atoms with Crippen LogP contribution >= 0.6 is 0 Å². The van der Waals surface area contributed by atoms with Crippen LogP contribution in [0, 0.1) is 12.7 Å². The predicted octanol–water partition coefficient (Wildman–Crippen LogP) is 2.36. The molecule has 1 N–H and O–H groups in total. The fourth-order valence-corrected chi connectivity index (χ4v) is 1.25. The first-order valence-corrected chi connectivity index (χ1v) is 3.90. The third-order valence-corrected chi connectivity index (χ3v) is 1.86. The molecule has 2 heteroatoms. The van der Waals surface area contributed by atoms with Crippen LogP contribution in [0.1, 0.15) is 25.0 Å². The highest BCUT2D eigenvalue weighted by Gasteiger charge is 2.18. The molecule has 0 spiro atoms. The second kappa shape index (κ2) is 2.87. The third-order valence-electron chi connectivity index (χ3n) is 1.86. The van der Waals surface area contributed by atoms with Gasteiger partial charge in [0.05, 0.1) is 5.60 Å². The zero-order valence-corrected chi connectivity index (χ0v) is 7.56. The molecule has 12 heavy (non-hydrogen) atoms. The fraction of sp³-hybridized carbons (Fsp3) is 0.400. The summed E-state index contributed by atoms with van der Waals surface area (Å²) in [5.74, 6) is -0.308. The molecule has 0 aliphatic rings. The summed E-state index contributed by atoms with van der Waals surface area (Å²) in [6, 6.07) is 4.43. The van der Waals surface area contributed by atoms with Crippen molar-refractivity contribution in [1.29, 1.82) is 0 Å². The Bertz CT molecular complexity index is 286. The molecule has 0 saturated heterocycles. The van der Waals surface area contributed by atoms with Crippen molar-refractivity contribution < 1.29 is 9.50 Å². The van der Waals surface area contributed by atoms with Crippen LogP contribution in [0.3, 0.4) is 0 Å². The Kier molecular flexibility index (Phi) is 2.20. The van der Waals surface area contributed by atoms with Gasteiger partial charge >= 0.3 is 0 Å². The van der Waals surface area contributed by atoms with Crippen LogP contribution in [0.5, 0.6) is 0 Å². The van der Waals surface area contributed by atoms with E-state index in [1.165, 1.54) is 12.1 Å². The molecule has 0 unspecified atom stereocenters. The average molecular weight is 168 g/mol. The van der Waals surface area contributed by atoms with Crippen molar-refractivity contribution in [1.82, 2.24) is 0 Å². The Morgan fingerprint density at radius 2 is 1.92 bits per heavy atom. The van der Waals surface area contributed by atoms with Crippen molar-refractivity contribution in [2.45, 2.75) is 26.4 Å². The van der Waals surface area contributed by atoms with E-state index in [2.05, 4.69) is 0 Å². The smallest absolute Gasteiger partial charge is 0.123 e. The van der Waals surface area contributed by atoms with Gasteiger partial charge in [-0.2, -0.15) is 0 Å². The van der Waals surface area contributed by atoms with Gasteiger partial charge in [-0.3, -0.25) is 0 Å². The van der Waals surface area contributed by atoms with E-state index in [0.29, 0.717) is 5.56 Å². The monoisotopic (exact) mass is 168 g/mol. The second-order valence-corrected chi connectivity index (χ2v) is 3.52. The molecule has 0 saturated carbocycles. The lowest BCUT2D eigenvalue weighted by Crippen LogP contribution is -2.17. The van der Waals surface area contributed by atoms with E-state index < -0.39 is 5.60 Å². The van der Waals surface area contributed by atoms with Gasteiger partial charge in [0.1, 0.15) is 5.82 Å². The maximum absolute atomic E-state index is 12.8. The Balaban J connectivity index is 3.23. The Labute approximate surface area is 71.9 Å². The summed E-state index contributed by atoms with van der Waals surface area (Å²) in [5, 5.41) is 9.63. The van der Waals surface area contributed by atoms with Crippen LogP contribution in [0.25, 0.3) is 0 Å². The van der Waals surface area contributed by atoms with E-state index in [-0.39, 0.29) is 5.82 Å². The average Bonchev–Trinajstić information content (AvgIpc) is 1.92. The van der Waals surface area contributed by atoms with Gasteiger partial charge in [0.2, 0.25) is 0 Å². The molecule has 1 nitrogen and oxygen atoms in total. The van der Waals surface area contributed by atoms with Crippen LogP contribution in [0.4, 0.5) is 4.39 Å². The van der Waals surface area contributed by atoms with Gasteiger partial charge in [-0.15, -0.1) is 0 Å². The first-order valence-electron chi connectivity index (χ1n) is 3.90. The van der Waals surface area contributed by atoms with Crippen molar-refractivity contribution in [3.63, 3.8) is 0 Å². The Hall–Kier alpha value is -0.890. The molecule has 0 atom stereocenters. The minimum Gasteiger partial charge on any atom is -0.386 e. The van der Waals surface area contributed by atoms with Crippen molar-refractivity contribution in [2.75, 3.05) is 0 Å². The third kappa shape index (κ3) is 1.83. The van der Waals surface area contributed by atoms with E-state index in [9.17, 15) is 9.50 Å². The fourth-order valence-electron chi connectivity index (χ4n) is 1.25. The highest BCUT2D eigenvalue weighted by molar-refractivity contribution is 5.30. The molecule has 0 heterocycles. The first kappa shape index (κ1) is 9.20. The van der Waals surface area contributed by atoms with Crippen LogP contribution < -0.4 is 0 Å². The van der Waals surface area contributed by atoms with Gasteiger partial charge in [0.25, 0.3) is 0 Å². The Morgan fingerprint density at radius 1 is 1.33 bits per heavy atom. The van der Waals surface area contributed by atoms with Crippen LogP contribution in [-0.2, 0) is 5.60 Å². The highest BCUT2D eigenvalue weighted by atomic mass is 19.1. The summed E-state index contributed by atoms with van der Waals surface area (Å²) in [5.41, 5.74) is 0.582. The van der Waals surface area contributed by atoms with Gasteiger partial charge < -0.3 is 5.11 Å². The summed E-state index contributed by atoms with van der Waals surface area (Å²) in [7, 11) is 0. The quantitative estimate of drug-likeness (QED) is 0.682. The van der Waals surface area contributed by atoms with Crippen LogP contribution in [0.15, 0.2) is 18.2 Å². The molecule has 1 rings (SSSR count). The van der Waals surface area contributed by atoms with E-state index >= 15 is 0 Å². The van der Waals surface area contributed by atoms with Gasteiger partial charge in [0.15, 0.2) is 0 Å². The van der Waals surface area contributed by atoms with E-state index in [1.807, 2.05) is 6.92 Å². The molecule has 0 aliphatic carbocycles. The summed E-state index contributed by atoms with van der Waals surface area (Å²) < 4.78 is 12.8. The van der Waals surface area contributed by atoms with Gasteiger partial charge in [-0.1, -0.05) is 6.07 Å². The summed E-state index contributed by atoms with van der Waals surface area (Å²) in [4.78, 5) is 0. The minimum absolute atomic E-state index is 0.308. The molecule has 1 aromatic carbocycles. The van der Waals surface area contributed by atoms with E-state index in [4.69, 9.17) is 0 Å². The maximum Gasteiger partial charge on any atom is 0.123 e. The lowest BCUT2D eigenvalue weighted by Gasteiger charge is -2.20. The summed E-state index contributed by atoms with van der Waals surface area (Å²) in [6.45, 7) is 5.15. The highest BCUT2D eigenvalue weighted by Crippen LogP contribution is 2.23. The number of halogens is 1. The number of benzene rings is 1. The molecular formula is C10H13FO. The molecule has 66 valence electrons. The van der Waals surface area contributed by atoms with E-state index in [0.717, 1.165) is 5.56 Å². The number of hydrogen-bond acceptors (Lipinski definition) is 1. The van der Waals surface area contributed by atoms with Gasteiger partial charge in [-0.05, 0) is 44.0 Å². The number of rotatable bonds is 1.